The highest BCUT2D eigenvalue weighted by molar-refractivity contribution is 7.20. The van der Waals surface area contributed by atoms with Gasteiger partial charge < -0.3 is 10.5 Å². The lowest BCUT2D eigenvalue weighted by atomic mass is 10.3. The van der Waals surface area contributed by atoms with Crippen molar-refractivity contribution in [3.05, 3.63) is 36.2 Å². The van der Waals surface area contributed by atoms with Crippen LogP contribution in [0.5, 0.6) is 5.75 Å². The van der Waals surface area contributed by atoms with E-state index in [4.69, 9.17) is 10.5 Å². The van der Waals surface area contributed by atoms with Crippen molar-refractivity contribution >= 4 is 21.4 Å². The molecule has 18 heavy (non-hydrogen) atoms. The molecule has 1 aromatic carbocycles. The molecule has 92 valence electrons. The molecular formula is C11H11N5OS. The maximum atomic E-state index is 5.78. The number of ether oxygens (including phenoxy) is 1. The Bertz CT molecular complexity index is 662. The summed E-state index contributed by atoms with van der Waals surface area (Å²) in [6.45, 7) is 1.90. The number of hydrogen-bond acceptors (Lipinski definition) is 6. The average Bonchev–Trinajstić information content (AvgIpc) is 2.88. The molecule has 0 aliphatic rings. The molecule has 0 saturated heterocycles. The first-order valence-corrected chi connectivity index (χ1v) is 6.25. The third-order valence-electron chi connectivity index (χ3n) is 2.45. The van der Waals surface area contributed by atoms with Crippen LogP contribution in [0, 0.1) is 0 Å². The number of nitrogens with two attached hydrogens (primary N) is 1. The Kier molecular flexibility index (Phi) is 2.60. The lowest BCUT2D eigenvalue weighted by Gasteiger charge is -2.11. The fraction of sp³-hybridized carbons (Fsp3) is 0.182. The van der Waals surface area contributed by atoms with Crippen LogP contribution in [0.15, 0.2) is 30.3 Å². The van der Waals surface area contributed by atoms with E-state index in [2.05, 4.69) is 15.3 Å². The molecule has 0 spiro atoms. The molecule has 6 nitrogen and oxygen atoms in total. The molecule has 3 rings (SSSR count). The quantitative estimate of drug-likeness (QED) is 0.779. The van der Waals surface area contributed by atoms with Crippen LogP contribution in [0.2, 0.25) is 0 Å². The number of benzene rings is 1. The van der Waals surface area contributed by atoms with Gasteiger partial charge in [-0.3, -0.25) is 0 Å². The number of nitrogens with zero attached hydrogens (tertiary/aromatic N) is 4. The van der Waals surface area contributed by atoms with Crippen LogP contribution < -0.4 is 10.5 Å². The van der Waals surface area contributed by atoms with Crippen LogP contribution in [0.3, 0.4) is 0 Å². The predicted octanol–water partition coefficient (Wildman–Crippen LogP) is 1.91. The molecule has 0 aliphatic carbocycles. The molecular weight excluding hydrogens is 250 g/mol. The van der Waals surface area contributed by atoms with Crippen molar-refractivity contribution < 1.29 is 4.74 Å². The minimum Gasteiger partial charge on any atom is -0.483 e. The molecule has 0 amide bonds. The Morgan fingerprint density at radius 3 is 2.83 bits per heavy atom. The van der Waals surface area contributed by atoms with Crippen LogP contribution in [-0.2, 0) is 0 Å². The lowest BCUT2D eigenvalue weighted by Crippen LogP contribution is -2.08. The zero-order valence-corrected chi connectivity index (χ0v) is 10.5. The molecule has 7 heteroatoms. The van der Waals surface area contributed by atoms with Gasteiger partial charge in [0.05, 0.1) is 0 Å². The van der Waals surface area contributed by atoms with E-state index in [0.29, 0.717) is 15.9 Å². The van der Waals surface area contributed by atoms with Gasteiger partial charge in [-0.25, -0.2) is 0 Å². The summed E-state index contributed by atoms with van der Waals surface area (Å²) >= 11 is 1.30. The molecule has 0 bridgehead atoms. The number of rotatable bonds is 3. The molecule has 0 radical (unpaired) electrons. The molecule has 2 aromatic heterocycles. The fourth-order valence-corrected chi connectivity index (χ4v) is 2.27. The Hall–Kier alpha value is -2.15. The van der Waals surface area contributed by atoms with Crippen LogP contribution in [0.25, 0.3) is 4.96 Å². The largest absolute Gasteiger partial charge is 0.483 e. The zero-order chi connectivity index (χ0) is 12.5. The molecule has 3 aromatic rings. The summed E-state index contributed by atoms with van der Waals surface area (Å²) in [5, 5.41) is 12.7. The first kappa shape index (κ1) is 11.0. The van der Waals surface area contributed by atoms with E-state index in [9.17, 15) is 0 Å². The first-order valence-electron chi connectivity index (χ1n) is 5.43. The van der Waals surface area contributed by atoms with Gasteiger partial charge in [0.2, 0.25) is 10.1 Å². The van der Waals surface area contributed by atoms with Crippen molar-refractivity contribution in [2.45, 2.75) is 13.0 Å². The van der Waals surface area contributed by atoms with Gasteiger partial charge in [0.25, 0.3) is 0 Å². The smallest absolute Gasteiger partial charge is 0.236 e. The molecule has 2 heterocycles. The van der Waals surface area contributed by atoms with E-state index >= 15 is 0 Å². The highest BCUT2D eigenvalue weighted by atomic mass is 32.1. The summed E-state index contributed by atoms with van der Waals surface area (Å²) in [6, 6.07) is 9.56. The fourth-order valence-electron chi connectivity index (χ4n) is 1.66. The summed E-state index contributed by atoms with van der Waals surface area (Å²) in [6.07, 6.45) is -0.246. The summed E-state index contributed by atoms with van der Waals surface area (Å²) in [5.74, 6) is 1.42. The normalized spacial score (nSPS) is 12.7. The van der Waals surface area contributed by atoms with Gasteiger partial charge in [-0.1, -0.05) is 29.5 Å². The molecule has 2 N–H and O–H groups in total. The summed E-state index contributed by atoms with van der Waals surface area (Å²) < 4.78 is 7.40. The number of para-hydroxylation sites is 1. The van der Waals surface area contributed by atoms with Crippen LogP contribution in [0.4, 0.5) is 5.13 Å². The second-order valence-corrected chi connectivity index (χ2v) is 4.75. The van der Waals surface area contributed by atoms with Crippen molar-refractivity contribution in [3.63, 3.8) is 0 Å². The first-order chi connectivity index (χ1) is 8.74. The Morgan fingerprint density at radius 1 is 1.28 bits per heavy atom. The second kappa shape index (κ2) is 4.26. The second-order valence-electron chi connectivity index (χ2n) is 3.77. The van der Waals surface area contributed by atoms with E-state index in [1.54, 1.807) is 4.52 Å². The highest BCUT2D eigenvalue weighted by Crippen LogP contribution is 2.22. The van der Waals surface area contributed by atoms with Crippen molar-refractivity contribution in [1.82, 2.24) is 19.8 Å². The minimum absolute atomic E-state index is 0.246. The highest BCUT2D eigenvalue weighted by Gasteiger charge is 2.17. The summed E-state index contributed by atoms with van der Waals surface area (Å²) in [4.78, 5) is 0.672. The number of fused-ring (bicyclic) bond motifs is 1. The Labute approximate surface area is 107 Å². The van der Waals surface area contributed by atoms with Crippen LogP contribution in [-0.4, -0.2) is 19.8 Å². The standard InChI is InChI=1S/C11H11N5OS/c1-7(17-8-5-3-2-4-6-8)9-13-14-11-16(9)15-10(12)18-11/h2-7H,1H3,(H2,12,15). The van der Waals surface area contributed by atoms with Gasteiger partial charge in [-0.2, -0.15) is 4.52 Å². The molecule has 1 atom stereocenters. The number of aromatic nitrogens is 4. The SMILES string of the molecule is CC(Oc1ccccc1)c1nnc2sc(N)nn12. The Balaban J connectivity index is 1.90. The topological polar surface area (TPSA) is 78.3 Å². The van der Waals surface area contributed by atoms with E-state index < -0.39 is 0 Å². The molecule has 1 unspecified atom stereocenters. The third kappa shape index (κ3) is 1.88. The maximum absolute atomic E-state index is 5.78. The number of anilines is 1. The predicted molar refractivity (Wildman–Crippen MR) is 68.6 cm³/mol. The van der Waals surface area contributed by atoms with Gasteiger partial charge in [0.1, 0.15) is 5.75 Å². The minimum atomic E-state index is -0.246. The summed E-state index contributed by atoms with van der Waals surface area (Å²) in [5.41, 5.74) is 5.63. The van der Waals surface area contributed by atoms with Crippen molar-refractivity contribution in [2.24, 2.45) is 0 Å². The lowest BCUT2D eigenvalue weighted by molar-refractivity contribution is 0.213. The van der Waals surface area contributed by atoms with Gasteiger partial charge in [0, 0.05) is 0 Å². The van der Waals surface area contributed by atoms with E-state index in [0.717, 1.165) is 5.75 Å². The molecule has 0 aliphatic heterocycles. The van der Waals surface area contributed by atoms with E-state index in [1.807, 2.05) is 37.3 Å². The number of nitrogen functional groups attached to an aromatic ring is 1. The Morgan fingerprint density at radius 2 is 2.06 bits per heavy atom. The molecule has 0 fully saturated rings. The zero-order valence-electron chi connectivity index (χ0n) is 9.65. The van der Waals surface area contributed by atoms with E-state index in [1.165, 1.54) is 11.3 Å². The van der Waals surface area contributed by atoms with Crippen molar-refractivity contribution in [1.29, 1.82) is 0 Å². The maximum Gasteiger partial charge on any atom is 0.236 e. The molecule has 0 saturated carbocycles. The van der Waals surface area contributed by atoms with Crippen LogP contribution >= 0.6 is 11.3 Å². The monoisotopic (exact) mass is 261 g/mol. The third-order valence-corrected chi connectivity index (χ3v) is 3.18. The van der Waals surface area contributed by atoms with Crippen LogP contribution in [0.1, 0.15) is 18.9 Å². The van der Waals surface area contributed by atoms with Crippen molar-refractivity contribution in [2.75, 3.05) is 5.73 Å². The summed E-state index contributed by atoms with van der Waals surface area (Å²) in [7, 11) is 0. The van der Waals surface area contributed by atoms with Gasteiger partial charge >= 0.3 is 0 Å². The average molecular weight is 261 g/mol. The van der Waals surface area contributed by atoms with Gasteiger partial charge in [-0.15, -0.1) is 15.3 Å². The van der Waals surface area contributed by atoms with E-state index in [-0.39, 0.29) is 6.10 Å². The van der Waals surface area contributed by atoms with Gasteiger partial charge in [-0.05, 0) is 19.1 Å². The number of hydrogen-bond donors (Lipinski definition) is 1. The van der Waals surface area contributed by atoms with Gasteiger partial charge in [0.15, 0.2) is 11.9 Å². The van der Waals surface area contributed by atoms with Crippen molar-refractivity contribution in [3.8, 4) is 5.75 Å².